The molecule has 3 aliphatic rings. The summed E-state index contributed by atoms with van der Waals surface area (Å²) in [4.78, 5) is 49.4. The third-order valence-corrected chi connectivity index (χ3v) is 13.7. The van der Waals surface area contributed by atoms with Crippen molar-refractivity contribution in [1.82, 2.24) is 10.6 Å². The van der Waals surface area contributed by atoms with Gasteiger partial charge in [0.1, 0.15) is 24.7 Å². The molecule has 0 atom stereocenters. The molecule has 3 aliphatic carbocycles. The smallest absolute Gasteiger partial charge is 0.407 e. The molecule has 7 aromatic rings. The first-order valence-electron chi connectivity index (χ1n) is 24.2. The van der Waals surface area contributed by atoms with Gasteiger partial charge in [-0.15, -0.1) is 0 Å². The molecule has 0 heterocycles. The van der Waals surface area contributed by atoms with Crippen LogP contribution in [0.3, 0.4) is 0 Å². The Morgan fingerprint density at radius 3 is 1.49 bits per heavy atom. The lowest BCUT2D eigenvalue weighted by molar-refractivity contribution is 0.0972. The number of hydrogen-bond donors (Lipinski definition) is 4. The van der Waals surface area contributed by atoms with Gasteiger partial charge in [0.15, 0.2) is 11.6 Å². The van der Waals surface area contributed by atoms with Crippen LogP contribution in [0.25, 0.3) is 33.0 Å². The topological polar surface area (TPSA) is 170 Å². The molecule has 12 heteroatoms. The summed E-state index contributed by atoms with van der Waals surface area (Å²) in [5.74, 6) is 0.821. The Kier molecular flexibility index (Phi) is 15.2. The molecular weight excluding hydrogens is 909 g/mol. The third kappa shape index (κ3) is 10.2. The van der Waals surface area contributed by atoms with E-state index in [2.05, 4.69) is 71.3 Å². The van der Waals surface area contributed by atoms with E-state index in [0.29, 0.717) is 60.7 Å². The lowest BCUT2D eigenvalue weighted by atomic mass is 9.88. The first-order chi connectivity index (χ1) is 35.2. The largest absolute Gasteiger partial charge is 0.496 e. The Labute approximate surface area is 418 Å². The second-order valence-electron chi connectivity index (χ2n) is 17.9. The summed E-state index contributed by atoms with van der Waals surface area (Å²) in [6.07, 6.45) is 3.13. The molecule has 0 unspecified atom stereocenters. The molecule has 0 aromatic heterocycles. The van der Waals surface area contributed by atoms with Gasteiger partial charge in [0.2, 0.25) is 0 Å². The number of nitrogens with one attached hydrogen (secondary N) is 2. The number of rotatable bonds is 16. The summed E-state index contributed by atoms with van der Waals surface area (Å²) in [6, 6.07) is 46.1. The zero-order valence-corrected chi connectivity index (χ0v) is 40.2. The number of fused-ring (bicyclic) bond motifs is 8. The number of ether oxygens (including phenoxy) is 4. The Bertz CT molecular complexity index is 3120. The van der Waals surface area contributed by atoms with Gasteiger partial charge in [0.05, 0.1) is 27.4 Å². The number of methoxy groups -OCH3 is 2. The average molecular weight is 965 g/mol. The van der Waals surface area contributed by atoms with E-state index >= 15 is 0 Å². The van der Waals surface area contributed by atoms with Gasteiger partial charge in [0.25, 0.3) is 0 Å². The maximum Gasteiger partial charge on any atom is 0.407 e. The number of hydrogen-bond acceptors (Lipinski definition) is 10. The maximum absolute atomic E-state index is 12.4. The van der Waals surface area contributed by atoms with E-state index in [4.69, 9.17) is 18.9 Å². The molecule has 0 spiro atoms. The SMILES string of the molecule is COc1cc(CO)c(OC)c2cc(CCCNC(=O)OCC3c4ccccc4-c4ccccc43)ccc12.O=C(NCCCc1ccc2c(c1)C(=O)C(CO)=CC2=O)OCC1c2ccccc2-c2ccccc21. The van der Waals surface area contributed by atoms with Crippen LogP contribution in [-0.2, 0) is 28.9 Å². The lowest BCUT2D eigenvalue weighted by Gasteiger charge is -2.15. The minimum atomic E-state index is -0.462. The van der Waals surface area contributed by atoms with Gasteiger partial charge < -0.3 is 39.8 Å². The van der Waals surface area contributed by atoms with Gasteiger partial charge in [-0.25, -0.2) is 9.59 Å². The predicted molar refractivity (Wildman–Crippen MR) is 276 cm³/mol. The number of aryl methyl sites for hydroxylation is 2. The molecule has 2 amide bonds. The van der Waals surface area contributed by atoms with E-state index in [1.165, 1.54) is 50.6 Å². The fourth-order valence-electron chi connectivity index (χ4n) is 10.2. The van der Waals surface area contributed by atoms with Gasteiger partial charge in [0, 0.05) is 58.0 Å². The van der Waals surface area contributed by atoms with Crippen molar-refractivity contribution in [3.05, 3.63) is 201 Å². The monoisotopic (exact) mass is 964 g/mol. The molecule has 366 valence electrons. The zero-order chi connectivity index (χ0) is 50.1. The highest BCUT2D eigenvalue weighted by Crippen LogP contribution is 2.46. The van der Waals surface area contributed by atoms with Gasteiger partial charge in [-0.2, -0.15) is 0 Å². The molecule has 12 nitrogen and oxygen atoms in total. The molecule has 0 radical (unpaired) electrons. The van der Waals surface area contributed by atoms with Crippen molar-refractivity contribution in [2.75, 3.05) is 47.1 Å². The van der Waals surface area contributed by atoms with Crippen molar-refractivity contribution >= 4 is 34.5 Å². The van der Waals surface area contributed by atoms with Crippen LogP contribution in [0.4, 0.5) is 9.59 Å². The lowest BCUT2D eigenvalue weighted by Crippen LogP contribution is -2.27. The molecular formula is C60H56N2O10. The van der Waals surface area contributed by atoms with E-state index in [9.17, 15) is 29.4 Å². The van der Waals surface area contributed by atoms with E-state index in [1.807, 2.05) is 60.7 Å². The molecule has 7 aromatic carbocycles. The van der Waals surface area contributed by atoms with E-state index < -0.39 is 18.8 Å². The molecule has 0 saturated heterocycles. The zero-order valence-electron chi connectivity index (χ0n) is 40.2. The minimum Gasteiger partial charge on any atom is -0.496 e. The van der Waals surface area contributed by atoms with Crippen LogP contribution in [0.2, 0.25) is 0 Å². The Morgan fingerprint density at radius 2 is 1.01 bits per heavy atom. The van der Waals surface area contributed by atoms with E-state index in [1.54, 1.807) is 32.4 Å². The van der Waals surface area contributed by atoms with Gasteiger partial charge in [-0.3, -0.25) is 9.59 Å². The first kappa shape index (κ1) is 48.9. The van der Waals surface area contributed by atoms with Crippen molar-refractivity contribution in [2.24, 2.45) is 0 Å². The second kappa shape index (κ2) is 22.4. The average Bonchev–Trinajstić information content (AvgIpc) is 3.92. The minimum absolute atomic E-state index is 0.0155. The Hall–Kier alpha value is -8.06. The number of amides is 2. The van der Waals surface area contributed by atoms with Crippen molar-refractivity contribution in [3.8, 4) is 33.8 Å². The number of carbonyl (C=O) groups is 4. The van der Waals surface area contributed by atoms with Crippen molar-refractivity contribution in [3.63, 3.8) is 0 Å². The van der Waals surface area contributed by atoms with E-state index in [0.717, 1.165) is 34.7 Å². The number of aliphatic hydroxyl groups is 2. The molecule has 0 aliphatic heterocycles. The fraction of sp³-hybridized carbons (Fsp3) is 0.233. The Morgan fingerprint density at radius 1 is 0.528 bits per heavy atom. The van der Waals surface area contributed by atoms with Gasteiger partial charge in [-0.05, 0) is 106 Å². The molecule has 4 N–H and O–H groups in total. The molecule has 0 fully saturated rings. The van der Waals surface area contributed by atoms with E-state index in [-0.39, 0.29) is 42.2 Å². The summed E-state index contributed by atoms with van der Waals surface area (Å²) in [7, 11) is 3.22. The second-order valence-corrected chi connectivity index (χ2v) is 17.9. The number of Topliss-reactive ketones (excluding diaryl/α,β-unsaturated/α-hetero) is 1. The molecule has 10 rings (SSSR count). The standard InChI is InChI=1S/C31H31NO5.C29H25NO5/c1-35-29-17-21(18-33)30(36-2)27-16-20(13-14-26(27)29)8-7-15-32-31(34)37-19-28-24-11-5-3-9-22(24)23-10-4-6-12-25(23)28;31-16-19-15-27(32)24-12-11-18(14-25(24)28(19)33)6-5-13-30-29(34)35-17-26-22-9-3-1-7-20(22)21-8-2-4-10-23(21)26/h3-6,9-14,16-17,28,33H,7-8,15,18-19H2,1-2H3,(H,32,34);1-4,7-12,14-15,26,31H,5-6,13,16-17H2,(H,30,34). The van der Waals surface area contributed by atoms with Crippen LogP contribution in [-0.4, -0.2) is 81.1 Å². The van der Waals surface area contributed by atoms with Crippen molar-refractivity contribution < 1.29 is 48.3 Å². The quantitative estimate of drug-likeness (QED) is 0.0684. The molecule has 0 saturated carbocycles. The normalized spacial score (nSPS) is 13.1. The van der Waals surface area contributed by atoms with Crippen LogP contribution in [0.5, 0.6) is 11.5 Å². The summed E-state index contributed by atoms with van der Waals surface area (Å²) in [5, 5.41) is 26.6. The van der Waals surface area contributed by atoms with Crippen molar-refractivity contribution in [1.29, 1.82) is 0 Å². The number of benzene rings is 7. The predicted octanol–water partition coefficient (Wildman–Crippen LogP) is 10.3. The highest BCUT2D eigenvalue weighted by atomic mass is 16.6. The third-order valence-electron chi connectivity index (χ3n) is 13.7. The number of aliphatic hydroxyl groups excluding tert-OH is 2. The van der Waals surface area contributed by atoms with Gasteiger partial charge >= 0.3 is 12.2 Å². The summed E-state index contributed by atoms with van der Waals surface area (Å²) in [6.45, 7) is 0.900. The number of ketones is 2. The summed E-state index contributed by atoms with van der Waals surface area (Å²) < 4.78 is 22.3. The number of allylic oxidation sites excluding steroid dienone is 1. The fourth-order valence-corrected chi connectivity index (χ4v) is 10.2. The highest BCUT2D eigenvalue weighted by molar-refractivity contribution is 6.24. The van der Waals surface area contributed by atoms with Crippen LogP contribution in [0.15, 0.2) is 151 Å². The Balaban J connectivity index is 0.000000178. The van der Waals surface area contributed by atoms with Crippen molar-refractivity contribution in [2.45, 2.75) is 44.1 Å². The maximum atomic E-state index is 12.4. The summed E-state index contributed by atoms with van der Waals surface area (Å²) in [5.41, 5.74) is 13.0. The summed E-state index contributed by atoms with van der Waals surface area (Å²) >= 11 is 0. The highest BCUT2D eigenvalue weighted by Gasteiger charge is 2.31. The van der Waals surface area contributed by atoms with Crippen LogP contribution >= 0.6 is 0 Å². The van der Waals surface area contributed by atoms with Crippen LogP contribution in [0.1, 0.15) is 84.3 Å². The molecule has 72 heavy (non-hydrogen) atoms. The number of alkyl carbamates (subject to hydrolysis) is 2. The van der Waals surface area contributed by atoms with Crippen LogP contribution in [0, 0.1) is 0 Å². The molecule has 0 bridgehead atoms. The van der Waals surface area contributed by atoms with Gasteiger partial charge in [-0.1, -0.05) is 121 Å². The number of carbonyl (C=O) groups excluding carboxylic acids is 4. The first-order valence-corrected chi connectivity index (χ1v) is 24.2. The van der Waals surface area contributed by atoms with Crippen LogP contribution < -0.4 is 20.1 Å².